The predicted octanol–water partition coefficient (Wildman–Crippen LogP) is 0.920. The maximum atomic E-state index is 11.8. The van der Waals surface area contributed by atoms with Crippen molar-refractivity contribution < 1.29 is 19.4 Å². The summed E-state index contributed by atoms with van der Waals surface area (Å²) in [5.41, 5.74) is 0.913. The molecule has 1 rings (SSSR count). The normalized spacial score (nSPS) is 11.9. The van der Waals surface area contributed by atoms with E-state index in [2.05, 4.69) is 4.98 Å². The van der Waals surface area contributed by atoms with Crippen molar-refractivity contribution in [2.75, 3.05) is 13.7 Å². The number of ether oxygens (including phenoxy) is 1. The summed E-state index contributed by atoms with van der Waals surface area (Å²) < 4.78 is 5.27. The van der Waals surface area contributed by atoms with E-state index >= 15 is 0 Å². The molecule has 0 aliphatic rings. The fourth-order valence-electron chi connectivity index (χ4n) is 1.62. The van der Waals surface area contributed by atoms with Crippen LogP contribution >= 0.6 is 0 Å². The lowest BCUT2D eigenvalue weighted by Crippen LogP contribution is -2.43. The number of nitrogens with zero attached hydrogens (tertiary/aromatic N) is 2. The van der Waals surface area contributed by atoms with Crippen molar-refractivity contribution in [3.63, 3.8) is 0 Å². The van der Waals surface area contributed by atoms with Crippen LogP contribution in [-0.4, -0.2) is 46.6 Å². The second kappa shape index (κ2) is 7.48. The summed E-state index contributed by atoms with van der Waals surface area (Å²) in [6, 6.07) is 2.78. The van der Waals surface area contributed by atoms with Crippen molar-refractivity contribution in [1.29, 1.82) is 0 Å². The first-order valence-corrected chi connectivity index (χ1v) is 6.01. The number of likely N-dealkylation sites (N-methyl/N-ethyl adjacent to an activating group) is 1. The van der Waals surface area contributed by atoms with Gasteiger partial charge in [0, 0.05) is 19.4 Å². The van der Waals surface area contributed by atoms with Crippen LogP contribution in [-0.2, 0) is 20.9 Å². The molecule has 1 aromatic heterocycles. The Kier molecular flexibility index (Phi) is 5.95. The van der Waals surface area contributed by atoms with Crippen molar-refractivity contribution in [2.24, 2.45) is 0 Å². The molecule has 6 nitrogen and oxygen atoms in total. The smallest absolute Gasteiger partial charge is 0.326 e. The minimum Gasteiger partial charge on any atom is -0.480 e. The van der Waals surface area contributed by atoms with Crippen molar-refractivity contribution in [3.05, 3.63) is 30.1 Å². The van der Waals surface area contributed by atoms with Gasteiger partial charge in [0.15, 0.2) is 0 Å². The number of amides is 1. The molecule has 0 aliphatic carbocycles. The maximum absolute atomic E-state index is 11.8. The van der Waals surface area contributed by atoms with Crippen LogP contribution in [0.2, 0.25) is 0 Å². The highest BCUT2D eigenvalue weighted by Crippen LogP contribution is 2.04. The van der Waals surface area contributed by atoms with Gasteiger partial charge in [0.05, 0.1) is 6.61 Å². The summed E-state index contributed by atoms with van der Waals surface area (Å²) in [5, 5.41) is 8.95. The van der Waals surface area contributed by atoms with Crippen molar-refractivity contribution in [2.45, 2.75) is 26.0 Å². The van der Waals surface area contributed by atoms with Gasteiger partial charge < -0.3 is 14.7 Å². The maximum Gasteiger partial charge on any atom is 0.326 e. The van der Waals surface area contributed by atoms with Crippen LogP contribution in [0.25, 0.3) is 0 Å². The molecule has 19 heavy (non-hydrogen) atoms. The lowest BCUT2D eigenvalue weighted by Gasteiger charge is -2.23. The molecule has 0 bridgehead atoms. The standard InChI is InChI=1S/C13H18N2O4/c1-3-11(13(17)18)15(2)12(16)9-19-8-10-4-6-14-7-5-10/h4-7,11H,3,8-9H2,1-2H3,(H,17,18)/t11-/m0/s1. The van der Waals surface area contributed by atoms with Gasteiger partial charge in [0.1, 0.15) is 12.6 Å². The van der Waals surface area contributed by atoms with E-state index in [9.17, 15) is 9.59 Å². The first-order valence-electron chi connectivity index (χ1n) is 6.01. The molecule has 1 amide bonds. The van der Waals surface area contributed by atoms with Gasteiger partial charge in [0.25, 0.3) is 0 Å². The molecule has 0 radical (unpaired) electrons. The third-order valence-corrected chi connectivity index (χ3v) is 2.78. The number of carboxylic acids is 1. The van der Waals surface area contributed by atoms with E-state index in [1.807, 2.05) is 0 Å². The first-order chi connectivity index (χ1) is 9.06. The van der Waals surface area contributed by atoms with E-state index < -0.39 is 12.0 Å². The van der Waals surface area contributed by atoms with Crippen molar-refractivity contribution in [3.8, 4) is 0 Å². The number of carbonyl (C=O) groups excluding carboxylic acids is 1. The Balaban J connectivity index is 2.40. The summed E-state index contributed by atoms with van der Waals surface area (Å²) in [6.45, 7) is 1.88. The predicted molar refractivity (Wildman–Crippen MR) is 68.4 cm³/mol. The van der Waals surface area contributed by atoms with Gasteiger partial charge in [0.2, 0.25) is 5.91 Å². The summed E-state index contributed by atoms with van der Waals surface area (Å²) in [4.78, 5) is 27.8. The monoisotopic (exact) mass is 266 g/mol. The van der Waals surface area contributed by atoms with Crippen LogP contribution in [0.4, 0.5) is 0 Å². The second-order valence-corrected chi connectivity index (χ2v) is 4.12. The van der Waals surface area contributed by atoms with Gasteiger partial charge >= 0.3 is 5.97 Å². The van der Waals surface area contributed by atoms with Gasteiger partial charge in [-0.05, 0) is 24.1 Å². The number of rotatable bonds is 7. The van der Waals surface area contributed by atoms with Gasteiger partial charge in [-0.15, -0.1) is 0 Å². The number of aromatic nitrogens is 1. The highest BCUT2D eigenvalue weighted by molar-refractivity contribution is 5.84. The van der Waals surface area contributed by atoms with Gasteiger partial charge in [-0.25, -0.2) is 4.79 Å². The van der Waals surface area contributed by atoms with Crippen LogP contribution in [0.3, 0.4) is 0 Å². The van der Waals surface area contributed by atoms with Crippen LogP contribution in [0, 0.1) is 0 Å². The molecular formula is C13H18N2O4. The Labute approximate surface area is 112 Å². The first kappa shape index (κ1) is 15.1. The Bertz CT molecular complexity index is 422. The average Bonchev–Trinajstić information content (AvgIpc) is 2.40. The van der Waals surface area contributed by atoms with E-state index in [0.717, 1.165) is 5.56 Å². The number of hydrogen-bond donors (Lipinski definition) is 1. The van der Waals surface area contributed by atoms with Crippen LogP contribution in [0.5, 0.6) is 0 Å². The molecule has 1 atom stereocenters. The molecule has 0 fully saturated rings. The van der Waals surface area contributed by atoms with Crippen LogP contribution < -0.4 is 0 Å². The minimum absolute atomic E-state index is 0.136. The second-order valence-electron chi connectivity index (χ2n) is 4.12. The third-order valence-electron chi connectivity index (χ3n) is 2.78. The fourth-order valence-corrected chi connectivity index (χ4v) is 1.62. The fraction of sp³-hybridized carbons (Fsp3) is 0.462. The van der Waals surface area contributed by atoms with E-state index in [4.69, 9.17) is 9.84 Å². The third kappa shape index (κ3) is 4.67. The largest absolute Gasteiger partial charge is 0.480 e. The van der Waals surface area contributed by atoms with Gasteiger partial charge in [-0.1, -0.05) is 6.92 Å². The Morgan fingerprint density at radius 3 is 2.58 bits per heavy atom. The molecule has 1 aromatic rings. The molecule has 0 unspecified atom stereocenters. The molecule has 0 aliphatic heterocycles. The summed E-state index contributed by atoms with van der Waals surface area (Å²) in [7, 11) is 1.47. The Hall–Kier alpha value is -1.95. The molecule has 0 spiro atoms. The van der Waals surface area contributed by atoms with Gasteiger partial charge in [-0.2, -0.15) is 0 Å². The zero-order valence-corrected chi connectivity index (χ0v) is 11.1. The van der Waals surface area contributed by atoms with E-state index in [-0.39, 0.29) is 12.5 Å². The highest BCUT2D eigenvalue weighted by Gasteiger charge is 2.24. The molecular weight excluding hydrogens is 248 g/mol. The molecule has 1 heterocycles. The molecule has 0 saturated heterocycles. The molecule has 1 N–H and O–H groups in total. The van der Waals surface area contributed by atoms with Crippen LogP contribution in [0.1, 0.15) is 18.9 Å². The summed E-state index contributed by atoms with van der Waals surface area (Å²) >= 11 is 0. The zero-order chi connectivity index (χ0) is 14.3. The molecule has 6 heteroatoms. The Morgan fingerprint density at radius 1 is 1.42 bits per heavy atom. The number of carbonyl (C=O) groups is 2. The average molecular weight is 266 g/mol. The van der Waals surface area contributed by atoms with Crippen molar-refractivity contribution in [1.82, 2.24) is 9.88 Å². The quantitative estimate of drug-likeness (QED) is 0.793. The number of aliphatic carboxylic acids is 1. The number of hydrogen-bond acceptors (Lipinski definition) is 4. The minimum atomic E-state index is -1.01. The summed E-state index contributed by atoms with van der Waals surface area (Å²) in [6.07, 6.45) is 3.65. The number of carboxylic acid groups (broad SMARTS) is 1. The number of pyridine rings is 1. The zero-order valence-electron chi connectivity index (χ0n) is 11.1. The topological polar surface area (TPSA) is 79.7 Å². The SMILES string of the molecule is CC[C@@H](C(=O)O)N(C)C(=O)COCc1ccncc1. The highest BCUT2D eigenvalue weighted by atomic mass is 16.5. The van der Waals surface area contributed by atoms with Crippen molar-refractivity contribution >= 4 is 11.9 Å². The molecule has 0 saturated carbocycles. The van der Waals surface area contributed by atoms with Crippen LogP contribution in [0.15, 0.2) is 24.5 Å². The van der Waals surface area contributed by atoms with E-state index in [1.54, 1.807) is 31.5 Å². The lowest BCUT2D eigenvalue weighted by molar-refractivity contribution is -0.151. The molecule has 0 aromatic carbocycles. The lowest BCUT2D eigenvalue weighted by atomic mass is 10.2. The van der Waals surface area contributed by atoms with Gasteiger partial charge in [-0.3, -0.25) is 9.78 Å². The Morgan fingerprint density at radius 2 is 2.05 bits per heavy atom. The van der Waals surface area contributed by atoms with E-state index in [1.165, 1.54) is 11.9 Å². The summed E-state index contributed by atoms with van der Waals surface area (Å²) in [5.74, 6) is -1.35. The molecule has 104 valence electrons. The van der Waals surface area contributed by atoms with E-state index in [0.29, 0.717) is 13.0 Å².